The molecule has 0 amide bonds. The quantitative estimate of drug-likeness (QED) is 0.0533. The molecule has 0 heterocycles. The van der Waals surface area contributed by atoms with Crippen LogP contribution in [0.5, 0.6) is 0 Å². The molecule has 0 aliphatic carbocycles. The van der Waals surface area contributed by atoms with Crippen molar-refractivity contribution in [2.75, 3.05) is 6.61 Å². The highest BCUT2D eigenvalue weighted by molar-refractivity contribution is 5.96. The van der Waals surface area contributed by atoms with Crippen molar-refractivity contribution in [3.63, 3.8) is 0 Å². The lowest BCUT2D eigenvalue weighted by atomic mass is 9.85. The summed E-state index contributed by atoms with van der Waals surface area (Å²) in [5, 5.41) is 31.2. The first-order valence-electron chi connectivity index (χ1n) is 25.5. The molecule has 0 saturated carbocycles. The van der Waals surface area contributed by atoms with Gasteiger partial charge in [0.1, 0.15) is 0 Å². The van der Waals surface area contributed by atoms with Crippen LogP contribution in [-0.2, 0) is 9.59 Å². The molecule has 334 valence electrons. The summed E-state index contributed by atoms with van der Waals surface area (Å²) >= 11 is 0. The van der Waals surface area contributed by atoms with E-state index in [4.69, 9.17) is 0 Å². The van der Waals surface area contributed by atoms with Crippen LogP contribution in [0.4, 0.5) is 0 Å². The Kier molecular flexibility index (Phi) is 43.2. The Morgan fingerprint density at radius 2 is 0.554 bits per heavy atom. The third kappa shape index (κ3) is 35.2. The number of rotatable bonds is 48. The Bertz CT molecular complexity index is 814. The summed E-state index contributed by atoms with van der Waals surface area (Å²) in [6.07, 6.45) is 52.7. The molecule has 2 unspecified atom stereocenters. The number of hydrogen-bond donors (Lipinski definition) is 3. The lowest BCUT2D eigenvalue weighted by Gasteiger charge is -2.29. The fourth-order valence-corrected chi connectivity index (χ4v) is 8.40. The van der Waals surface area contributed by atoms with Crippen LogP contribution in [0.1, 0.15) is 296 Å². The van der Waals surface area contributed by atoms with E-state index in [1.165, 1.54) is 218 Å². The van der Waals surface area contributed by atoms with Gasteiger partial charge in [0.05, 0.1) is 6.61 Å². The first-order valence-corrected chi connectivity index (χ1v) is 25.5. The second kappa shape index (κ2) is 43.8. The van der Waals surface area contributed by atoms with E-state index in [0.717, 1.165) is 38.5 Å². The van der Waals surface area contributed by atoms with Crippen molar-refractivity contribution in [1.29, 1.82) is 0 Å². The Morgan fingerprint density at radius 3 is 0.768 bits per heavy atom. The minimum Gasteiger partial charge on any atom is -0.393 e. The number of hydrogen-bond acceptors (Lipinski definition) is 5. The molecule has 0 aromatic carbocycles. The van der Waals surface area contributed by atoms with E-state index in [2.05, 4.69) is 13.8 Å². The van der Waals surface area contributed by atoms with Gasteiger partial charge in [-0.3, -0.25) is 9.59 Å². The summed E-state index contributed by atoms with van der Waals surface area (Å²) in [5.74, 6) is -1.15. The third-order valence-corrected chi connectivity index (χ3v) is 12.5. The molecule has 3 N–H and O–H groups in total. The fourth-order valence-electron chi connectivity index (χ4n) is 8.40. The fraction of sp³-hybridized carbons (Fsp3) is 0.961. The van der Waals surface area contributed by atoms with Crippen LogP contribution in [0.2, 0.25) is 0 Å². The third-order valence-electron chi connectivity index (χ3n) is 12.5. The zero-order valence-electron chi connectivity index (χ0n) is 38.1. The highest BCUT2D eigenvalue weighted by Gasteiger charge is 2.45. The molecule has 0 saturated heterocycles. The van der Waals surface area contributed by atoms with Gasteiger partial charge in [0.25, 0.3) is 0 Å². The van der Waals surface area contributed by atoms with Gasteiger partial charge in [-0.25, -0.2) is 0 Å². The summed E-state index contributed by atoms with van der Waals surface area (Å²) < 4.78 is 0. The maximum atomic E-state index is 12.8. The molecular weight excluding hydrogens is 693 g/mol. The Hall–Kier alpha value is -0.780. The summed E-state index contributed by atoms with van der Waals surface area (Å²) in [6.45, 7) is 3.64. The van der Waals surface area contributed by atoms with Crippen molar-refractivity contribution >= 4 is 11.6 Å². The van der Waals surface area contributed by atoms with Gasteiger partial charge in [0.15, 0.2) is 23.3 Å². The molecule has 0 aromatic rings. The average Bonchev–Trinajstić information content (AvgIpc) is 3.21. The van der Waals surface area contributed by atoms with Crippen LogP contribution < -0.4 is 0 Å². The SMILES string of the molecule is CCCCCCCCCCCCCCCCCCCCCCCC(=O)C(O)C(O)(CO)C(=O)CCCCCCCCCCCCCCCCCCCCCCC. The average molecular weight is 793 g/mol. The predicted molar refractivity (Wildman–Crippen MR) is 243 cm³/mol. The lowest BCUT2D eigenvalue weighted by molar-refractivity contribution is -0.165. The second-order valence-corrected chi connectivity index (χ2v) is 18.0. The summed E-state index contributed by atoms with van der Waals surface area (Å²) in [6, 6.07) is 0. The van der Waals surface area contributed by atoms with Crippen LogP contribution >= 0.6 is 0 Å². The lowest BCUT2D eigenvalue weighted by Crippen LogP contribution is -2.55. The van der Waals surface area contributed by atoms with Crippen LogP contribution in [0, 0.1) is 0 Å². The standard InChI is InChI=1S/C51H100O5/c1-3-5-7-9-11-13-15-17-19-21-23-25-27-29-31-33-35-37-39-41-43-45-48(53)50(55)51(56,47-52)49(54)46-44-42-40-38-36-34-32-30-28-26-24-22-20-18-16-14-12-10-8-6-4-2/h50,52,55-56H,3-47H2,1-2H3. The number of Topliss-reactive ketones (excluding diaryl/α,β-unsaturated/α-hetero) is 2. The van der Waals surface area contributed by atoms with Crippen molar-refractivity contribution in [2.24, 2.45) is 0 Å². The molecule has 0 rings (SSSR count). The molecule has 0 spiro atoms. The van der Waals surface area contributed by atoms with Gasteiger partial charge in [-0.05, 0) is 12.8 Å². The Labute approximate surface area is 350 Å². The molecule has 0 radical (unpaired) electrons. The van der Waals surface area contributed by atoms with E-state index in [9.17, 15) is 24.9 Å². The number of carbonyl (C=O) groups excluding carboxylic acids is 2. The maximum absolute atomic E-state index is 12.8. The molecule has 0 aliphatic heterocycles. The number of aliphatic hydroxyl groups excluding tert-OH is 2. The monoisotopic (exact) mass is 793 g/mol. The van der Waals surface area contributed by atoms with Crippen molar-refractivity contribution in [3.05, 3.63) is 0 Å². The van der Waals surface area contributed by atoms with Crippen molar-refractivity contribution in [1.82, 2.24) is 0 Å². The van der Waals surface area contributed by atoms with E-state index in [-0.39, 0.29) is 12.8 Å². The molecule has 5 nitrogen and oxygen atoms in total. The predicted octanol–water partition coefficient (Wildman–Crippen LogP) is 15.4. The van der Waals surface area contributed by atoms with Crippen LogP contribution in [0.15, 0.2) is 0 Å². The number of carbonyl (C=O) groups is 2. The summed E-state index contributed by atoms with van der Waals surface area (Å²) in [5.41, 5.74) is -2.38. The summed E-state index contributed by atoms with van der Waals surface area (Å²) in [7, 11) is 0. The smallest absolute Gasteiger partial charge is 0.178 e. The minimum absolute atomic E-state index is 0.0831. The maximum Gasteiger partial charge on any atom is 0.178 e. The van der Waals surface area contributed by atoms with E-state index >= 15 is 0 Å². The van der Waals surface area contributed by atoms with E-state index in [1.807, 2.05) is 0 Å². The van der Waals surface area contributed by atoms with Crippen molar-refractivity contribution < 1.29 is 24.9 Å². The van der Waals surface area contributed by atoms with Crippen molar-refractivity contribution in [3.8, 4) is 0 Å². The normalized spacial score (nSPS) is 13.3. The Morgan fingerprint density at radius 1 is 0.357 bits per heavy atom. The van der Waals surface area contributed by atoms with Gasteiger partial charge in [0.2, 0.25) is 0 Å². The zero-order chi connectivity index (χ0) is 41.1. The molecular formula is C51H100O5. The molecule has 0 aromatic heterocycles. The van der Waals surface area contributed by atoms with Gasteiger partial charge in [-0.2, -0.15) is 0 Å². The van der Waals surface area contributed by atoms with Gasteiger partial charge < -0.3 is 15.3 Å². The number of unbranched alkanes of at least 4 members (excludes halogenated alkanes) is 40. The van der Waals surface area contributed by atoms with E-state index in [1.54, 1.807) is 0 Å². The number of aliphatic hydroxyl groups is 3. The highest BCUT2D eigenvalue weighted by Crippen LogP contribution is 2.21. The van der Waals surface area contributed by atoms with Gasteiger partial charge in [-0.15, -0.1) is 0 Å². The van der Waals surface area contributed by atoms with Gasteiger partial charge in [-0.1, -0.05) is 271 Å². The summed E-state index contributed by atoms with van der Waals surface area (Å²) in [4.78, 5) is 25.4. The molecule has 0 bridgehead atoms. The minimum atomic E-state index is -2.38. The highest BCUT2D eigenvalue weighted by atomic mass is 16.4. The topological polar surface area (TPSA) is 94.8 Å². The zero-order valence-corrected chi connectivity index (χ0v) is 38.1. The largest absolute Gasteiger partial charge is 0.393 e. The Balaban J connectivity index is 3.65. The first kappa shape index (κ1) is 55.2. The second-order valence-electron chi connectivity index (χ2n) is 18.0. The molecule has 2 atom stereocenters. The van der Waals surface area contributed by atoms with E-state index in [0.29, 0.717) is 12.8 Å². The van der Waals surface area contributed by atoms with Crippen molar-refractivity contribution in [2.45, 2.75) is 308 Å². The molecule has 5 heteroatoms. The van der Waals surface area contributed by atoms with Gasteiger partial charge >= 0.3 is 0 Å². The first-order chi connectivity index (χ1) is 27.4. The molecule has 56 heavy (non-hydrogen) atoms. The van der Waals surface area contributed by atoms with Gasteiger partial charge in [0, 0.05) is 12.8 Å². The van der Waals surface area contributed by atoms with Crippen LogP contribution in [-0.4, -0.2) is 45.2 Å². The van der Waals surface area contributed by atoms with Crippen LogP contribution in [0.3, 0.4) is 0 Å². The van der Waals surface area contributed by atoms with Crippen LogP contribution in [0.25, 0.3) is 0 Å². The molecule has 0 fully saturated rings. The molecule has 0 aliphatic rings. The number of ketones is 2. The van der Waals surface area contributed by atoms with E-state index < -0.39 is 29.9 Å².